The fourth-order valence-electron chi connectivity index (χ4n) is 5.90. The van der Waals surface area contributed by atoms with Crippen molar-refractivity contribution in [1.29, 1.82) is 0 Å². The second kappa shape index (κ2) is 12.8. The average Bonchev–Trinajstić information content (AvgIpc) is 2.70. The van der Waals surface area contributed by atoms with E-state index in [4.69, 9.17) is 0 Å². The molecule has 27 heavy (non-hydrogen) atoms. The van der Waals surface area contributed by atoms with Gasteiger partial charge in [0.25, 0.3) is 0 Å². The Labute approximate surface area is 168 Å². The molecule has 0 unspecified atom stereocenters. The van der Waals surface area contributed by atoms with E-state index in [9.17, 15) is 9.90 Å². The third-order valence-electron chi connectivity index (χ3n) is 7.77. The summed E-state index contributed by atoms with van der Waals surface area (Å²) in [6.45, 7) is 2.28. The Morgan fingerprint density at radius 2 is 1.30 bits per heavy atom. The maximum atomic E-state index is 12.0. The van der Waals surface area contributed by atoms with E-state index in [1.54, 1.807) is 0 Å². The molecule has 2 saturated carbocycles. The maximum absolute atomic E-state index is 12.0. The van der Waals surface area contributed by atoms with Crippen molar-refractivity contribution in [3.05, 3.63) is 0 Å². The molecule has 2 aliphatic carbocycles. The number of unbranched alkanes of at least 4 members (excludes halogenated alkanes) is 9. The van der Waals surface area contributed by atoms with Gasteiger partial charge >= 0.3 is 5.97 Å². The van der Waals surface area contributed by atoms with Gasteiger partial charge in [0.2, 0.25) is 0 Å². The Bertz CT molecular complexity index is 389. The van der Waals surface area contributed by atoms with Crippen LogP contribution in [0, 0.1) is 17.3 Å². The van der Waals surface area contributed by atoms with Crippen LogP contribution in [0.5, 0.6) is 0 Å². The summed E-state index contributed by atoms with van der Waals surface area (Å²) in [5.74, 6) is 0.851. The Balaban J connectivity index is 1.53. The third-order valence-corrected chi connectivity index (χ3v) is 7.77. The van der Waals surface area contributed by atoms with Crippen molar-refractivity contribution in [3.8, 4) is 0 Å². The molecule has 2 heteroatoms. The van der Waals surface area contributed by atoms with Crippen molar-refractivity contribution in [2.45, 2.75) is 135 Å². The van der Waals surface area contributed by atoms with Gasteiger partial charge in [-0.1, -0.05) is 110 Å². The van der Waals surface area contributed by atoms with E-state index >= 15 is 0 Å². The third kappa shape index (κ3) is 7.42. The van der Waals surface area contributed by atoms with Gasteiger partial charge in [-0.25, -0.2) is 0 Å². The molecule has 2 fully saturated rings. The van der Waals surface area contributed by atoms with Crippen LogP contribution in [-0.2, 0) is 4.79 Å². The monoisotopic (exact) mass is 378 g/mol. The van der Waals surface area contributed by atoms with Crippen molar-refractivity contribution in [1.82, 2.24) is 0 Å². The van der Waals surface area contributed by atoms with Crippen LogP contribution in [0.15, 0.2) is 0 Å². The van der Waals surface area contributed by atoms with Crippen molar-refractivity contribution in [2.24, 2.45) is 17.3 Å². The van der Waals surface area contributed by atoms with E-state index in [0.29, 0.717) is 5.92 Å². The number of carboxylic acid groups (broad SMARTS) is 1. The van der Waals surface area contributed by atoms with Gasteiger partial charge < -0.3 is 5.11 Å². The number of carboxylic acids is 1. The number of carbonyl (C=O) groups is 1. The van der Waals surface area contributed by atoms with Crippen molar-refractivity contribution in [2.75, 3.05) is 0 Å². The molecule has 0 amide bonds. The van der Waals surface area contributed by atoms with Gasteiger partial charge in [0.15, 0.2) is 0 Å². The number of aliphatic carboxylic acids is 1. The molecule has 0 bridgehead atoms. The zero-order valence-electron chi connectivity index (χ0n) is 18.2. The summed E-state index contributed by atoms with van der Waals surface area (Å²) >= 11 is 0. The molecule has 158 valence electrons. The minimum absolute atomic E-state index is 0.361. The molecule has 0 heterocycles. The molecular formula is C25H46O2. The normalized spacial score (nSPS) is 25.4. The predicted molar refractivity (Wildman–Crippen MR) is 115 cm³/mol. The van der Waals surface area contributed by atoms with E-state index < -0.39 is 5.97 Å². The van der Waals surface area contributed by atoms with E-state index in [2.05, 4.69) is 6.92 Å². The van der Waals surface area contributed by atoms with Crippen LogP contribution in [0.2, 0.25) is 0 Å². The van der Waals surface area contributed by atoms with Crippen LogP contribution < -0.4 is 0 Å². The summed E-state index contributed by atoms with van der Waals surface area (Å²) in [6.07, 6.45) is 25.9. The Morgan fingerprint density at radius 1 is 0.778 bits per heavy atom. The van der Waals surface area contributed by atoms with Crippen LogP contribution in [0.25, 0.3) is 0 Å². The lowest BCUT2D eigenvalue weighted by molar-refractivity contribution is -0.157. The van der Waals surface area contributed by atoms with Crippen LogP contribution in [0.3, 0.4) is 0 Å². The van der Waals surface area contributed by atoms with Crippen molar-refractivity contribution >= 4 is 5.97 Å². The fourth-order valence-corrected chi connectivity index (χ4v) is 5.90. The quantitative estimate of drug-likeness (QED) is 0.328. The first-order valence-corrected chi connectivity index (χ1v) is 12.4. The smallest absolute Gasteiger partial charge is 0.309 e. The Hall–Kier alpha value is -0.530. The maximum Gasteiger partial charge on any atom is 0.309 e. The van der Waals surface area contributed by atoms with Crippen LogP contribution in [0.4, 0.5) is 0 Å². The first-order chi connectivity index (χ1) is 13.2. The zero-order chi connectivity index (χ0) is 19.4. The highest BCUT2D eigenvalue weighted by Crippen LogP contribution is 2.49. The average molecular weight is 379 g/mol. The minimum Gasteiger partial charge on any atom is -0.481 e. The molecule has 2 rings (SSSR count). The van der Waals surface area contributed by atoms with Crippen LogP contribution >= 0.6 is 0 Å². The lowest BCUT2D eigenvalue weighted by atomic mass is 9.60. The van der Waals surface area contributed by atoms with Gasteiger partial charge in [0.1, 0.15) is 0 Å². The summed E-state index contributed by atoms with van der Waals surface area (Å²) in [4.78, 5) is 12.0. The number of hydrogen-bond donors (Lipinski definition) is 1. The number of hydrogen-bond acceptors (Lipinski definition) is 1. The molecular weight excluding hydrogens is 332 g/mol. The van der Waals surface area contributed by atoms with Gasteiger partial charge in [-0.2, -0.15) is 0 Å². The second-order valence-electron chi connectivity index (χ2n) is 9.71. The molecule has 1 N–H and O–H groups in total. The summed E-state index contributed by atoms with van der Waals surface area (Å²) in [6, 6.07) is 0. The van der Waals surface area contributed by atoms with Gasteiger partial charge in [0, 0.05) is 0 Å². The summed E-state index contributed by atoms with van der Waals surface area (Å²) in [5.41, 5.74) is -0.361. The lowest BCUT2D eigenvalue weighted by Gasteiger charge is -2.43. The SMILES string of the molecule is CCCCCCCCCCCC[C@H]1CC[C@H](C2(C(=O)O)CCCCC2)CC1. The molecule has 0 aliphatic heterocycles. The van der Waals surface area contributed by atoms with Crippen LogP contribution in [-0.4, -0.2) is 11.1 Å². The summed E-state index contributed by atoms with van der Waals surface area (Å²) < 4.78 is 0. The summed E-state index contributed by atoms with van der Waals surface area (Å²) in [7, 11) is 0. The zero-order valence-corrected chi connectivity index (χ0v) is 18.2. The fraction of sp³-hybridized carbons (Fsp3) is 0.960. The molecule has 0 aromatic heterocycles. The van der Waals surface area contributed by atoms with E-state index in [0.717, 1.165) is 31.6 Å². The Morgan fingerprint density at radius 3 is 1.81 bits per heavy atom. The minimum atomic E-state index is -0.486. The largest absolute Gasteiger partial charge is 0.481 e. The van der Waals surface area contributed by atoms with Crippen molar-refractivity contribution in [3.63, 3.8) is 0 Å². The van der Waals surface area contributed by atoms with E-state index in [1.807, 2.05) is 0 Å². The molecule has 0 radical (unpaired) electrons. The first kappa shape index (κ1) is 22.8. The second-order valence-corrected chi connectivity index (χ2v) is 9.71. The molecule has 0 saturated heterocycles. The van der Waals surface area contributed by atoms with Gasteiger partial charge in [0.05, 0.1) is 5.41 Å². The topological polar surface area (TPSA) is 37.3 Å². The molecule has 2 nitrogen and oxygen atoms in total. The van der Waals surface area contributed by atoms with E-state index in [1.165, 1.54) is 103 Å². The molecule has 0 aromatic carbocycles. The van der Waals surface area contributed by atoms with Gasteiger partial charge in [-0.05, 0) is 37.5 Å². The standard InChI is InChI=1S/C25H46O2/c1-2-3-4-5-6-7-8-9-10-12-15-22-16-18-23(19-17-22)25(24(26)27)20-13-11-14-21-25/h22-23H,2-21H2,1H3,(H,26,27)/t22-,23-. The van der Waals surface area contributed by atoms with Crippen molar-refractivity contribution < 1.29 is 9.90 Å². The molecule has 0 atom stereocenters. The lowest BCUT2D eigenvalue weighted by Crippen LogP contribution is -2.42. The predicted octanol–water partition coefficient (Wildman–Crippen LogP) is 8.14. The van der Waals surface area contributed by atoms with Gasteiger partial charge in [-0.3, -0.25) is 4.79 Å². The highest BCUT2D eigenvalue weighted by molar-refractivity contribution is 5.75. The van der Waals surface area contributed by atoms with Crippen LogP contribution in [0.1, 0.15) is 135 Å². The highest BCUT2D eigenvalue weighted by Gasteiger charge is 2.46. The number of rotatable bonds is 13. The first-order valence-electron chi connectivity index (χ1n) is 12.4. The Kier molecular flexibility index (Phi) is 10.8. The molecule has 0 spiro atoms. The summed E-state index contributed by atoms with van der Waals surface area (Å²) in [5, 5.41) is 9.91. The highest BCUT2D eigenvalue weighted by atomic mass is 16.4. The molecule has 0 aromatic rings. The van der Waals surface area contributed by atoms with Gasteiger partial charge in [-0.15, -0.1) is 0 Å². The van der Waals surface area contributed by atoms with E-state index in [-0.39, 0.29) is 5.41 Å². The molecule has 2 aliphatic rings.